The molecule has 1 aliphatic heterocycles. The van der Waals surface area contributed by atoms with Crippen LogP contribution in [0.15, 0.2) is 54.9 Å². The molecule has 28 heavy (non-hydrogen) atoms. The van der Waals surface area contributed by atoms with Gasteiger partial charge < -0.3 is 9.47 Å². The highest BCUT2D eigenvalue weighted by atomic mass is 16.7. The number of aromatic nitrogens is 2. The number of non-ortho nitro benzene ring substituents is 1. The number of hydrogen-bond acceptors (Lipinski definition) is 6. The smallest absolute Gasteiger partial charge is 0.270 e. The van der Waals surface area contributed by atoms with Crippen molar-refractivity contribution < 1.29 is 14.4 Å². The van der Waals surface area contributed by atoms with Crippen LogP contribution in [0.4, 0.5) is 5.69 Å². The quantitative estimate of drug-likeness (QED) is 0.482. The fourth-order valence-corrected chi connectivity index (χ4v) is 3.33. The van der Waals surface area contributed by atoms with Gasteiger partial charge in [0.05, 0.1) is 23.4 Å². The van der Waals surface area contributed by atoms with Crippen molar-refractivity contribution in [3.8, 4) is 11.4 Å². The first-order valence-corrected chi connectivity index (χ1v) is 8.88. The van der Waals surface area contributed by atoms with Gasteiger partial charge in [-0.1, -0.05) is 18.2 Å². The Morgan fingerprint density at radius 2 is 2.07 bits per heavy atom. The monoisotopic (exact) mass is 380 g/mol. The number of ether oxygens (including phenoxy) is 2. The number of nitro groups is 1. The van der Waals surface area contributed by atoms with Crippen LogP contribution in [0.25, 0.3) is 5.69 Å². The lowest BCUT2D eigenvalue weighted by Gasteiger charge is -2.23. The summed E-state index contributed by atoms with van der Waals surface area (Å²) in [5.41, 5.74) is 3.59. The number of hydrogen-bond donors (Lipinski definition) is 0. The molecule has 0 N–H and O–H groups in total. The average molecular weight is 380 g/mol. The maximum Gasteiger partial charge on any atom is 0.270 e. The molecule has 0 bridgehead atoms. The molecule has 144 valence electrons. The molecule has 0 spiro atoms. The lowest BCUT2D eigenvalue weighted by molar-refractivity contribution is -0.385. The number of rotatable bonds is 6. The molecule has 0 aliphatic carbocycles. The Balaban J connectivity index is 1.51. The van der Waals surface area contributed by atoms with Gasteiger partial charge >= 0.3 is 0 Å². The summed E-state index contributed by atoms with van der Waals surface area (Å²) < 4.78 is 12.7. The molecule has 0 fully saturated rings. The topological polar surface area (TPSA) is 82.7 Å². The number of nitro benzene ring substituents is 1. The Hall–Kier alpha value is -3.23. The van der Waals surface area contributed by atoms with Crippen LogP contribution < -0.4 is 4.74 Å². The Morgan fingerprint density at radius 3 is 2.86 bits per heavy atom. The highest BCUT2D eigenvalue weighted by molar-refractivity contribution is 5.50. The molecule has 8 nitrogen and oxygen atoms in total. The van der Waals surface area contributed by atoms with Gasteiger partial charge in [0.2, 0.25) is 0 Å². The number of fused-ring (bicyclic) bond motifs is 1. The third-order valence-electron chi connectivity index (χ3n) is 4.53. The third-order valence-corrected chi connectivity index (χ3v) is 4.53. The summed E-state index contributed by atoms with van der Waals surface area (Å²) in [5.74, 6) is 0.684. The minimum absolute atomic E-state index is 0.0492. The van der Waals surface area contributed by atoms with E-state index in [1.54, 1.807) is 6.07 Å². The zero-order valence-electron chi connectivity index (χ0n) is 15.4. The van der Waals surface area contributed by atoms with Crippen molar-refractivity contribution in [1.82, 2.24) is 14.7 Å². The second kappa shape index (κ2) is 7.79. The molecular formula is C20H20N4O4. The molecule has 2 heterocycles. The van der Waals surface area contributed by atoms with E-state index in [0.29, 0.717) is 31.0 Å². The first-order chi connectivity index (χ1) is 13.6. The molecule has 0 unspecified atom stereocenters. The normalized spacial score (nSPS) is 13.2. The standard InChI is InChI=1S/C20H20N4O4/c1-22(10-15-9-21-23(11-15)18-5-3-2-4-6-18)12-16-7-19(24(25)26)8-17-13-27-14-28-20(16)17/h2-9,11H,10,12-14H2,1H3. The van der Waals surface area contributed by atoms with Gasteiger partial charge in [-0.2, -0.15) is 5.10 Å². The van der Waals surface area contributed by atoms with Crippen LogP contribution in [0.3, 0.4) is 0 Å². The van der Waals surface area contributed by atoms with E-state index in [-0.39, 0.29) is 17.4 Å². The number of para-hydroxylation sites is 1. The average Bonchev–Trinajstić information content (AvgIpc) is 3.17. The molecule has 2 aromatic carbocycles. The first kappa shape index (κ1) is 18.1. The summed E-state index contributed by atoms with van der Waals surface area (Å²) in [6.07, 6.45) is 3.82. The largest absolute Gasteiger partial charge is 0.467 e. The Kier molecular flexibility index (Phi) is 5.05. The van der Waals surface area contributed by atoms with Gasteiger partial charge in [-0.3, -0.25) is 15.0 Å². The summed E-state index contributed by atoms with van der Waals surface area (Å²) in [6, 6.07) is 13.0. The second-order valence-electron chi connectivity index (χ2n) is 6.76. The molecule has 0 amide bonds. The molecule has 0 saturated heterocycles. The van der Waals surface area contributed by atoms with Crippen molar-refractivity contribution >= 4 is 5.69 Å². The zero-order chi connectivity index (χ0) is 19.5. The van der Waals surface area contributed by atoms with Crippen LogP contribution in [-0.4, -0.2) is 33.4 Å². The van der Waals surface area contributed by atoms with E-state index in [4.69, 9.17) is 9.47 Å². The highest BCUT2D eigenvalue weighted by Gasteiger charge is 2.21. The number of nitrogens with zero attached hydrogens (tertiary/aromatic N) is 4. The third kappa shape index (κ3) is 3.88. The Labute approximate surface area is 162 Å². The summed E-state index contributed by atoms with van der Waals surface area (Å²) in [6.45, 7) is 1.64. The van der Waals surface area contributed by atoms with Crippen LogP contribution in [0.2, 0.25) is 0 Å². The summed E-state index contributed by atoms with van der Waals surface area (Å²) in [7, 11) is 1.96. The van der Waals surface area contributed by atoms with Crippen molar-refractivity contribution in [2.24, 2.45) is 0 Å². The van der Waals surface area contributed by atoms with Gasteiger partial charge in [0.25, 0.3) is 5.69 Å². The van der Waals surface area contributed by atoms with Crippen LogP contribution in [-0.2, 0) is 24.4 Å². The fourth-order valence-electron chi connectivity index (χ4n) is 3.33. The predicted octanol–water partition coefficient (Wildman–Crippen LogP) is 3.28. The van der Waals surface area contributed by atoms with E-state index in [9.17, 15) is 10.1 Å². The molecule has 0 saturated carbocycles. The minimum atomic E-state index is -0.387. The second-order valence-corrected chi connectivity index (χ2v) is 6.76. The maximum atomic E-state index is 11.3. The fraction of sp³-hybridized carbons (Fsp3) is 0.250. The Morgan fingerprint density at radius 1 is 1.25 bits per heavy atom. The predicted molar refractivity (Wildman–Crippen MR) is 102 cm³/mol. The van der Waals surface area contributed by atoms with E-state index >= 15 is 0 Å². The van der Waals surface area contributed by atoms with Crippen molar-refractivity contribution in [1.29, 1.82) is 0 Å². The number of benzene rings is 2. The Bertz CT molecular complexity index is 987. The van der Waals surface area contributed by atoms with Crippen LogP contribution in [0.5, 0.6) is 5.75 Å². The summed E-state index contributed by atoms with van der Waals surface area (Å²) in [5, 5.41) is 15.7. The lowest BCUT2D eigenvalue weighted by Crippen LogP contribution is -2.20. The van der Waals surface area contributed by atoms with E-state index in [1.165, 1.54) is 6.07 Å². The van der Waals surface area contributed by atoms with E-state index < -0.39 is 0 Å². The maximum absolute atomic E-state index is 11.3. The van der Waals surface area contributed by atoms with E-state index in [1.807, 2.05) is 54.5 Å². The summed E-state index contributed by atoms with van der Waals surface area (Å²) in [4.78, 5) is 12.9. The molecule has 3 aromatic rings. The van der Waals surface area contributed by atoms with E-state index in [2.05, 4.69) is 10.00 Å². The molecule has 4 rings (SSSR count). The first-order valence-electron chi connectivity index (χ1n) is 8.88. The van der Waals surface area contributed by atoms with E-state index in [0.717, 1.165) is 16.8 Å². The lowest BCUT2D eigenvalue weighted by atomic mass is 10.1. The molecule has 1 aliphatic rings. The van der Waals surface area contributed by atoms with Gasteiger partial charge in [0.15, 0.2) is 6.79 Å². The van der Waals surface area contributed by atoms with Crippen LogP contribution in [0, 0.1) is 10.1 Å². The van der Waals surface area contributed by atoms with Gasteiger partial charge in [-0.25, -0.2) is 4.68 Å². The van der Waals surface area contributed by atoms with Crippen molar-refractivity contribution in [3.05, 3.63) is 81.7 Å². The molecule has 8 heteroatoms. The molecular weight excluding hydrogens is 360 g/mol. The zero-order valence-corrected chi connectivity index (χ0v) is 15.4. The van der Waals surface area contributed by atoms with Gasteiger partial charge in [0.1, 0.15) is 5.75 Å². The van der Waals surface area contributed by atoms with Gasteiger partial charge in [0, 0.05) is 48.1 Å². The molecule has 0 atom stereocenters. The van der Waals surface area contributed by atoms with Crippen molar-refractivity contribution in [2.75, 3.05) is 13.8 Å². The van der Waals surface area contributed by atoms with Crippen molar-refractivity contribution in [2.45, 2.75) is 19.7 Å². The van der Waals surface area contributed by atoms with Gasteiger partial charge in [-0.15, -0.1) is 0 Å². The SMILES string of the molecule is CN(Cc1cnn(-c2ccccc2)c1)Cc1cc([N+](=O)[O-])cc2c1OCOC2. The van der Waals surface area contributed by atoms with Crippen molar-refractivity contribution in [3.63, 3.8) is 0 Å². The van der Waals surface area contributed by atoms with Crippen LogP contribution >= 0.6 is 0 Å². The minimum Gasteiger partial charge on any atom is -0.467 e. The highest BCUT2D eigenvalue weighted by Crippen LogP contribution is 2.33. The van der Waals surface area contributed by atoms with Gasteiger partial charge in [-0.05, 0) is 19.2 Å². The van der Waals surface area contributed by atoms with Crippen LogP contribution in [0.1, 0.15) is 16.7 Å². The summed E-state index contributed by atoms with van der Waals surface area (Å²) >= 11 is 0. The molecule has 1 aromatic heterocycles. The molecule has 0 radical (unpaired) electrons.